The van der Waals surface area contributed by atoms with Gasteiger partial charge in [-0.05, 0) is 19.3 Å². The molecule has 5 nitrogen and oxygen atoms in total. The van der Waals surface area contributed by atoms with Crippen molar-refractivity contribution < 1.29 is 0 Å². The third-order valence-electron chi connectivity index (χ3n) is 3.46. The Morgan fingerprint density at radius 3 is 2.78 bits per heavy atom. The van der Waals surface area contributed by atoms with Crippen molar-refractivity contribution in [2.24, 2.45) is 0 Å². The average molecular weight is 266 g/mol. The molecule has 2 N–H and O–H groups in total. The van der Waals surface area contributed by atoms with Crippen LogP contribution in [0, 0.1) is 0 Å². The van der Waals surface area contributed by atoms with Gasteiger partial charge in [-0.25, -0.2) is 4.98 Å². The summed E-state index contributed by atoms with van der Waals surface area (Å²) in [6, 6.07) is 0. The van der Waals surface area contributed by atoms with Gasteiger partial charge in [0.25, 0.3) is 0 Å². The number of halogens is 1. The maximum atomic E-state index is 6.31. The maximum absolute atomic E-state index is 6.31. The summed E-state index contributed by atoms with van der Waals surface area (Å²) in [6.07, 6.45) is 5.06. The average Bonchev–Trinajstić information content (AvgIpc) is 3.01. The maximum Gasteiger partial charge on any atom is 0.162 e. The van der Waals surface area contributed by atoms with Gasteiger partial charge < -0.3 is 10.6 Å². The lowest BCUT2D eigenvalue weighted by Gasteiger charge is -2.19. The largest absolute Gasteiger partial charge is 0.382 e. The third kappa shape index (κ3) is 1.61. The number of rotatable bonds is 2. The molecule has 18 heavy (non-hydrogen) atoms. The van der Waals surface area contributed by atoms with Crippen molar-refractivity contribution in [2.45, 2.75) is 26.2 Å². The van der Waals surface area contributed by atoms with E-state index in [0.29, 0.717) is 10.8 Å². The molecule has 0 bridgehead atoms. The summed E-state index contributed by atoms with van der Waals surface area (Å²) in [5.74, 6) is 1.28. The first-order valence-corrected chi connectivity index (χ1v) is 6.66. The SMILES string of the molecule is CCc1cnn2c(N)c(Cl)c(N3CCCC3)nc12. The molecule has 2 aromatic rings. The highest BCUT2D eigenvalue weighted by molar-refractivity contribution is 6.35. The molecule has 3 rings (SSSR count). The van der Waals surface area contributed by atoms with Gasteiger partial charge in [0.1, 0.15) is 10.8 Å². The zero-order valence-electron chi connectivity index (χ0n) is 10.4. The minimum absolute atomic E-state index is 0.475. The summed E-state index contributed by atoms with van der Waals surface area (Å²) in [6.45, 7) is 4.08. The molecule has 0 saturated carbocycles. The van der Waals surface area contributed by atoms with Crippen LogP contribution in [0.25, 0.3) is 5.65 Å². The van der Waals surface area contributed by atoms with Crippen LogP contribution < -0.4 is 10.6 Å². The Morgan fingerprint density at radius 1 is 1.39 bits per heavy atom. The summed E-state index contributed by atoms with van der Waals surface area (Å²) in [7, 11) is 0. The minimum atomic E-state index is 0.475. The van der Waals surface area contributed by atoms with Crippen molar-refractivity contribution in [2.75, 3.05) is 23.7 Å². The molecule has 0 atom stereocenters. The topological polar surface area (TPSA) is 59.5 Å². The number of nitrogens with zero attached hydrogens (tertiary/aromatic N) is 4. The third-order valence-corrected chi connectivity index (χ3v) is 3.83. The zero-order valence-corrected chi connectivity index (χ0v) is 11.1. The van der Waals surface area contributed by atoms with E-state index in [1.54, 1.807) is 4.52 Å². The van der Waals surface area contributed by atoms with Crippen molar-refractivity contribution >= 4 is 28.9 Å². The van der Waals surface area contributed by atoms with Crippen molar-refractivity contribution in [3.05, 3.63) is 16.8 Å². The Labute approximate surface area is 111 Å². The van der Waals surface area contributed by atoms with Crippen LogP contribution in [0.4, 0.5) is 11.6 Å². The van der Waals surface area contributed by atoms with E-state index in [1.807, 2.05) is 6.20 Å². The quantitative estimate of drug-likeness (QED) is 0.904. The molecule has 1 aliphatic rings. The standard InChI is InChI=1S/C12H16ClN5/c1-2-8-7-15-18-10(14)9(13)12(16-11(8)18)17-5-3-4-6-17/h7H,2-6,14H2,1H3. The predicted octanol–water partition coefficient (Wildman–Crippen LogP) is 2.13. The first-order valence-electron chi connectivity index (χ1n) is 6.29. The fourth-order valence-corrected chi connectivity index (χ4v) is 2.66. The van der Waals surface area contributed by atoms with E-state index in [-0.39, 0.29) is 0 Å². The molecule has 1 saturated heterocycles. The highest BCUT2D eigenvalue weighted by atomic mass is 35.5. The van der Waals surface area contributed by atoms with Crippen molar-refractivity contribution in [1.82, 2.24) is 14.6 Å². The van der Waals surface area contributed by atoms with Crippen LogP contribution in [0.15, 0.2) is 6.20 Å². The van der Waals surface area contributed by atoms with E-state index in [1.165, 1.54) is 12.8 Å². The number of aryl methyl sites for hydroxylation is 1. The molecule has 0 unspecified atom stereocenters. The monoisotopic (exact) mass is 265 g/mol. The van der Waals surface area contributed by atoms with Crippen LogP contribution in [0.1, 0.15) is 25.3 Å². The molecular weight excluding hydrogens is 250 g/mol. The first kappa shape index (κ1) is 11.6. The Hall–Kier alpha value is -1.49. The Kier molecular flexibility index (Phi) is 2.78. The number of nitrogen functional groups attached to an aromatic ring is 1. The summed E-state index contributed by atoms with van der Waals surface area (Å²) < 4.78 is 1.63. The minimum Gasteiger partial charge on any atom is -0.382 e. The van der Waals surface area contributed by atoms with E-state index < -0.39 is 0 Å². The summed E-state index contributed by atoms with van der Waals surface area (Å²) in [5, 5.41) is 4.75. The molecule has 2 aromatic heterocycles. The van der Waals surface area contributed by atoms with E-state index in [9.17, 15) is 0 Å². The van der Waals surface area contributed by atoms with E-state index in [4.69, 9.17) is 17.3 Å². The molecular formula is C12H16ClN5. The highest BCUT2D eigenvalue weighted by Gasteiger charge is 2.21. The van der Waals surface area contributed by atoms with Gasteiger partial charge in [0, 0.05) is 18.7 Å². The van der Waals surface area contributed by atoms with Gasteiger partial charge in [-0.1, -0.05) is 18.5 Å². The van der Waals surface area contributed by atoms with Crippen molar-refractivity contribution in [3.8, 4) is 0 Å². The first-order chi connectivity index (χ1) is 8.72. The smallest absolute Gasteiger partial charge is 0.162 e. The van der Waals surface area contributed by atoms with Gasteiger partial charge in [-0.3, -0.25) is 0 Å². The van der Waals surface area contributed by atoms with Crippen LogP contribution in [0.5, 0.6) is 0 Å². The highest BCUT2D eigenvalue weighted by Crippen LogP contribution is 2.32. The number of nitrogens with two attached hydrogens (primary N) is 1. The van der Waals surface area contributed by atoms with Gasteiger partial charge in [0.15, 0.2) is 11.5 Å². The number of anilines is 2. The fraction of sp³-hybridized carbons (Fsp3) is 0.500. The van der Waals surface area contributed by atoms with Crippen LogP contribution in [-0.2, 0) is 6.42 Å². The summed E-state index contributed by atoms with van der Waals surface area (Å²) in [4.78, 5) is 6.86. The van der Waals surface area contributed by atoms with Gasteiger partial charge in [0.05, 0.1) is 6.20 Å². The second-order valence-corrected chi connectivity index (χ2v) is 4.97. The Bertz CT molecular complexity index is 586. The van der Waals surface area contributed by atoms with Crippen LogP contribution in [0.2, 0.25) is 5.02 Å². The Balaban J connectivity index is 2.21. The normalized spacial score (nSPS) is 15.8. The summed E-state index contributed by atoms with van der Waals surface area (Å²) >= 11 is 6.31. The predicted molar refractivity (Wildman–Crippen MR) is 73.2 cm³/mol. The van der Waals surface area contributed by atoms with Gasteiger partial charge in [-0.15, -0.1) is 0 Å². The number of hydrogen-bond acceptors (Lipinski definition) is 4. The fourth-order valence-electron chi connectivity index (χ4n) is 2.42. The van der Waals surface area contributed by atoms with Gasteiger partial charge in [0.2, 0.25) is 0 Å². The van der Waals surface area contributed by atoms with Gasteiger partial charge >= 0.3 is 0 Å². The lowest BCUT2D eigenvalue weighted by molar-refractivity contribution is 0.906. The number of fused-ring (bicyclic) bond motifs is 1. The van der Waals surface area contributed by atoms with E-state index in [2.05, 4.69) is 21.9 Å². The summed E-state index contributed by atoms with van der Waals surface area (Å²) in [5.41, 5.74) is 7.97. The van der Waals surface area contributed by atoms with Crippen LogP contribution >= 0.6 is 11.6 Å². The van der Waals surface area contributed by atoms with E-state index >= 15 is 0 Å². The lowest BCUT2D eigenvalue weighted by Crippen LogP contribution is -2.21. The van der Waals surface area contributed by atoms with Crippen molar-refractivity contribution in [1.29, 1.82) is 0 Å². The lowest BCUT2D eigenvalue weighted by atomic mass is 10.3. The molecule has 0 spiro atoms. The second-order valence-electron chi connectivity index (χ2n) is 4.59. The van der Waals surface area contributed by atoms with E-state index in [0.717, 1.165) is 36.5 Å². The molecule has 0 radical (unpaired) electrons. The zero-order chi connectivity index (χ0) is 12.7. The van der Waals surface area contributed by atoms with Crippen LogP contribution in [0.3, 0.4) is 0 Å². The number of aromatic nitrogens is 3. The molecule has 0 aromatic carbocycles. The molecule has 1 aliphatic heterocycles. The van der Waals surface area contributed by atoms with Crippen LogP contribution in [-0.4, -0.2) is 27.7 Å². The molecule has 0 amide bonds. The van der Waals surface area contributed by atoms with Crippen molar-refractivity contribution in [3.63, 3.8) is 0 Å². The molecule has 6 heteroatoms. The second kappa shape index (κ2) is 4.31. The number of hydrogen-bond donors (Lipinski definition) is 1. The molecule has 0 aliphatic carbocycles. The molecule has 96 valence electrons. The van der Waals surface area contributed by atoms with Gasteiger partial charge in [-0.2, -0.15) is 9.61 Å². The Morgan fingerprint density at radius 2 is 2.11 bits per heavy atom. The molecule has 1 fully saturated rings. The molecule has 3 heterocycles.